The molecule has 84 valence electrons. The minimum atomic E-state index is 0.239. The molecule has 1 saturated carbocycles. The van der Waals surface area contributed by atoms with Gasteiger partial charge in [-0.05, 0) is 19.8 Å². The van der Waals surface area contributed by atoms with Crippen molar-refractivity contribution >= 4 is 0 Å². The summed E-state index contributed by atoms with van der Waals surface area (Å²) in [6, 6.07) is 0.744. The lowest BCUT2D eigenvalue weighted by atomic mass is 10.4. The van der Waals surface area contributed by atoms with Crippen molar-refractivity contribution in [3.8, 4) is 0 Å². The molecule has 4 nitrogen and oxygen atoms in total. The van der Waals surface area contributed by atoms with E-state index in [1.807, 2.05) is 6.33 Å². The van der Waals surface area contributed by atoms with E-state index in [0.29, 0.717) is 0 Å². The smallest absolute Gasteiger partial charge is 0.0950 e. The molecular formula is C11H19N3O. The SMILES string of the molecule is COC(C)Cn1cnc(CNC2CC2)c1. The van der Waals surface area contributed by atoms with E-state index in [-0.39, 0.29) is 6.10 Å². The van der Waals surface area contributed by atoms with Crippen LogP contribution in [-0.4, -0.2) is 28.8 Å². The van der Waals surface area contributed by atoms with Crippen molar-refractivity contribution < 1.29 is 4.74 Å². The molecule has 0 saturated heterocycles. The summed E-state index contributed by atoms with van der Waals surface area (Å²) in [6.45, 7) is 3.81. The number of nitrogens with zero attached hydrogens (tertiary/aromatic N) is 2. The standard InChI is InChI=1S/C11H19N3O/c1-9(15-2)6-14-7-11(13-8-14)5-12-10-3-4-10/h7-10,12H,3-6H2,1-2H3. The molecule has 1 aliphatic rings. The van der Waals surface area contributed by atoms with Gasteiger partial charge in [-0.15, -0.1) is 0 Å². The Bertz CT molecular complexity index is 307. The maximum Gasteiger partial charge on any atom is 0.0950 e. The number of nitrogens with one attached hydrogen (secondary N) is 1. The van der Waals surface area contributed by atoms with Gasteiger partial charge >= 0.3 is 0 Å². The van der Waals surface area contributed by atoms with Gasteiger partial charge in [0, 0.05) is 32.4 Å². The summed E-state index contributed by atoms with van der Waals surface area (Å²) in [5, 5.41) is 3.45. The minimum Gasteiger partial charge on any atom is -0.380 e. The van der Waals surface area contributed by atoms with E-state index in [4.69, 9.17) is 4.74 Å². The van der Waals surface area contributed by atoms with Gasteiger partial charge < -0.3 is 14.6 Å². The van der Waals surface area contributed by atoms with Crippen LogP contribution >= 0.6 is 0 Å². The lowest BCUT2D eigenvalue weighted by molar-refractivity contribution is 0.103. The van der Waals surface area contributed by atoms with Crippen LogP contribution in [0.1, 0.15) is 25.5 Å². The monoisotopic (exact) mass is 209 g/mol. The summed E-state index contributed by atoms with van der Waals surface area (Å²) in [5.74, 6) is 0. The van der Waals surface area contributed by atoms with E-state index in [1.165, 1.54) is 12.8 Å². The predicted molar refractivity (Wildman–Crippen MR) is 58.6 cm³/mol. The Kier molecular flexibility index (Phi) is 3.38. The van der Waals surface area contributed by atoms with E-state index >= 15 is 0 Å². The molecule has 1 atom stereocenters. The summed E-state index contributed by atoms with van der Waals surface area (Å²) in [7, 11) is 1.73. The molecule has 0 amide bonds. The third-order valence-electron chi connectivity index (χ3n) is 2.71. The second-order valence-electron chi connectivity index (χ2n) is 4.26. The number of hydrogen-bond acceptors (Lipinski definition) is 3. The molecule has 0 bridgehead atoms. The lowest BCUT2D eigenvalue weighted by Gasteiger charge is -2.08. The Hall–Kier alpha value is -0.870. The minimum absolute atomic E-state index is 0.239. The Morgan fingerprint density at radius 3 is 3.13 bits per heavy atom. The average molecular weight is 209 g/mol. The first kappa shape index (κ1) is 10.6. The highest BCUT2D eigenvalue weighted by Gasteiger charge is 2.20. The molecule has 1 heterocycles. The van der Waals surface area contributed by atoms with Gasteiger partial charge in [-0.25, -0.2) is 4.98 Å². The van der Waals surface area contributed by atoms with Gasteiger partial charge in [0.1, 0.15) is 0 Å². The molecule has 1 unspecified atom stereocenters. The maximum atomic E-state index is 5.21. The molecule has 1 aromatic rings. The number of aromatic nitrogens is 2. The largest absolute Gasteiger partial charge is 0.380 e. The molecule has 1 fully saturated rings. The summed E-state index contributed by atoms with van der Waals surface area (Å²) < 4.78 is 7.29. The first-order valence-corrected chi connectivity index (χ1v) is 5.54. The zero-order valence-electron chi connectivity index (χ0n) is 9.44. The number of rotatable bonds is 6. The third-order valence-corrected chi connectivity index (χ3v) is 2.71. The van der Waals surface area contributed by atoms with Crippen molar-refractivity contribution in [2.24, 2.45) is 0 Å². The van der Waals surface area contributed by atoms with E-state index in [2.05, 4.69) is 28.0 Å². The molecule has 2 rings (SSSR count). The first-order valence-electron chi connectivity index (χ1n) is 5.54. The van der Waals surface area contributed by atoms with E-state index in [0.717, 1.165) is 24.8 Å². The zero-order chi connectivity index (χ0) is 10.7. The van der Waals surface area contributed by atoms with Gasteiger partial charge in [-0.1, -0.05) is 0 Å². The van der Waals surface area contributed by atoms with Crippen molar-refractivity contribution in [1.29, 1.82) is 0 Å². The molecule has 1 N–H and O–H groups in total. The molecule has 1 aromatic heterocycles. The van der Waals surface area contributed by atoms with Crippen LogP contribution in [0, 0.1) is 0 Å². The molecule has 0 radical (unpaired) electrons. The molecule has 0 aromatic carbocycles. The van der Waals surface area contributed by atoms with Crippen LogP contribution in [0.2, 0.25) is 0 Å². The zero-order valence-corrected chi connectivity index (χ0v) is 9.44. The van der Waals surface area contributed by atoms with Crippen molar-refractivity contribution in [2.75, 3.05) is 7.11 Å². The van der Waals surface area contributed by atoms with Crippen molar-refractivity contribution in [3.63, 3.8) is 0 Å². The van der Waals surface area contributed by atoms with Crippen molar-refractivity contribution in [1.82, 2.24) is 14.9 Å². The Morgan fingerprint density at radius 1 is 1.67 bits per heavy atom. The van der Waals surface area contributed by atoms with Gasteiger partial charge in [-0.2, -0.15) is 0 Å². The van der Waals surface area contributed by atoms with Crippen LogP contribution in [0.3, 0.4) is 0 Å². The fourth-order valence-electron chi connectivity index (χ4n) is 1.51. The van der Waals surface area contributed by atoms with Crippen molar-refractivity contribution in [3.05, 3.63) is 18.2 Å². The lowest BCUT2D eigenvalue weighted by Crippen LogP contribution is -2.16. The highest BCUT2D eigenvalue weighted by atomic mass is 16.5. The van der Waals surface area contributed by atoms with Gasteiger partial charge in [0.15, 0.2) is 0 Å². The Balaban J connectivity index is 1.79. The van der Waals surface area contributed by atoms with Gasteiger partial charge in [-0.3, -0.25) is 0 Å². The van der Waals surface area contributed by atoms with Gasteiger partial charge in [0.05, 0.1) is 18.1 Å². The van der Waals surface area contributed by atoms with Crippen LogP contribution in [0.15, 0.2) is 12.5 Å². The second kappa shape index (κ2) is 4.77. The average Bonchev–Trinajstić information content (AvgIpc) is 2.97. The molecule has 0 aliphatic heterocycles. The summed E-state index contributed by atoms with van der Waals surface area (Å²) in [5.41, 5.74) is 1.12. The molecule has 4 heteroatoms. The molecular weight excluding hydrogens is 190 g/mol. The number of ether oxygens (including phenoxy) is 1. The Morgan fingerprint density at radius 2 is 2.47 bits per heavy atom. The van der Waals surface area contributed by atoms with Gasteiger partial charge in [0.2, 0.25) is 0 Å². The first-order chi connectivity index (χ1) is 7.28. The fraction of sp³-hybridized carbons (Fsp3) is 0.727. The van der Waals surface area contributed by atoms with Gasteiger partial charge in [0.25, 0.3) is 0 Å². The highest BCUT2D eigenvalue weighted by molar-refractivity contribution is 4.98. The van der Waals surface area contributed by atoms with E-state index in [9.17, 15) is 0 Å². The van der Waals surface area contributed by atoms with Crippen LogP contribution in [0.25, 0.3) is 0 Å². The van der Waals surface area contributed by atoms with E-state index in [1.54, 1.807) is 7.11 Å². The second-order valence-corrected chi connectivity index (χ2v) is 4.26. The fourth-order valence-corrected chi connectivity index (χ4v) is 1.51. The molecule has 1 aliphatic carbocycles. The third kappa shape index (κ3) is 3.32. The van der Waals surface area contributed by atoms with Crippen LogP contribution in [0.4, 0.5) is 0 Å². The Labute approximate surface area is 90.6 Å². The highest BCUT2D eigenvalue weighted by Crippen LogP contribution is 2.18. The maximum absolute atomic E-state index is 5.21. The van der Waals surface area contributed by atoms with Crippen LogP contribution in [0.5, 0.6) is 0 Å². The number of imidazole rings is 1. The van der Waals surface area contributed by atoms with Crippen molar-refractivity contribution in [2.45, 2.75) is 45.0 Å². The van der Waals surface area contributed by atoms with Crippen LogP contribution < -0.4 is 5.32 Å². The summed E-state index contributed by atoms with van der Waals surface area (Å²) in [4.78, 5) is 4.35. The molecule has 0 spiro atoms. The number of hydrogen-bond donors (Lipinski definition) is 1. The molecule has 15 heavy (non-hydrogen) atoms. The number of methoxy groups -OCH3 is 1. The van der Waals surface area contributed by atoms with Crippen LogP contribution in [-0.2, 0) is 17.8 Å². The summed E-state index contributed by atoms with van der Waals surface area (Å²) >= 11 is 0. The topological polar surface area (TPSA) is 39.1 Å². The van der Waals surface area contributed by atoms with E-state index < -0.39 is 0 Å². The summed E-state index contributed by atoms with van der Waals surface area (Å²) in [6.07, 6.45) is 6.84. The normalized spacial score (nSPS) is 18.0. The predicted octanol–water partition coefficient (Wildman–Crippen LogP) is 1.17. The quantitative estimate of drug-likeness (QED) is 0.764.